The zero-order valence-electron chi connectivity index (χ0n) is 15.7. The molecule has 0 unspecified atom stereocenters. The standard InChI is InChI=1S/C21H23FN2O2S/c1-21(2,3)14-4-7-16(8-5-14)27(25,26)24-11-10-17-18-12-15(22)6-9-19(18)23-20(17)13-24/h4-9,12,23H,10-11,13H2,1-3H3. The Labute approximate surface area is 159 Å². The predicted octanol–water partition coefficient (Wildman–Crippen LogP) is 4.35. The Morgan fingerprint density at radius 3 is 2.44 bits per heavy atom. The third-order valence-corrected chi connectivity index (χ3v) is 7.12. The third kappa shape index (κ3) is 3.17. The van der Waals surface area contributed by atoms with Gasteiger partial charge in [-0.3, -0.25) is 0 Å². The van der Waals surface area contributed by atoms with Crippen molar-refractivity contribution in [3.05, 3.63) is 65.1 Å². The summed E-state index contributed by atoms with van der Waals surface area (Å²) in [7, 11) is -3.57. The summed E-state index contributed by atoms with van der Waals surface area (Å²) in [5.41, 5.74) is 3.77. The molecule has 0 fully saturated rings. The van der Waals surface area contributed by atoms with E-state index < -0.39 is 10.0 Å². The molecule has 142 valence electrons. The number of hydrogen-bond donors (Lipinski definition) is 1. The van der Waals surface area contributed by atoms with E-state index in [0.29, 0.717) is 17.9 Å². The molecule has 0 bridgehead atoms. The Morgan fingerprint density at radius 1 is 1.07 bits per heavy atom. The van der Waals surface area contributed by atoms with Crippen molar-refractivity contribution in [2.45, 2.75) is 44.0 Å². The molecule has 1 aliphatic rings. The summed E-state index contributed by atoms with van der Waals surface area (Å²) in [6.45, 7) is 6.96. The zero-order valence-corrected chi connectivity index (χ0v) is 16.5. The van der Waals surface area contributed by atoms with Crippen molar-refractivity contribution < 1.29 is 12.8 Å². The highest BCUT2D eigenvalue weighted by atomic mass is 32.2. The number of rotatable bonds is 2. The van der Waals surface area contributed by atoms with Gasteiger partial charge in [-0.05, 0) is 53.3 Å². The van der Waals surface area contributed by atoms with Crippen molar-refractivity contribution in [3.8, 4) is 0 Å². The number of H-pyrrole nitrogens is 1. The number of sulfonamides is 1. The van der Waals surface area contributed by atoms with Crippen LogP contribution in [-0.4, -0.2) is 24.3 Å². The second kappa shape index (κ2) is 6.17. The van der Waals surface area contributed by atoms with Gasteiger partial charge >= 0.3 is 0 Å². The lowest BCUT2D eigenvalue weighted by atomic mass is 9.87. The van der Waals surface area contributed by atoms with E-state index in [1.165, 1.54) is 16.4 Å². The summed E-state index contributed by atoms with van der Waals surface area (Å²) in [5, 5.41) is 0.844. The second-order valence-electron chi connectivity index (χ2n) is 8.13. The van der Waals surface area contributed by atoms with Crippen LogP contribution in [0.5, 0.6) is 0 Å². The van der Waals surface area contributed by atoms with Crippen molar-refractivity contribution in [2.75, 3.05) is 6.54 Å². The fourth-order valence-corrected chi connectivity index (χ4v) is 5.08. The van der Waals surface area contributed by atoms with E-state index in [0.717, 1.165) is 27.7 Å². The minimum absolute atomic E-state index is 0.0258. The van der Waals surface area contributed by atoms with Crippen LogP contribution in [0.1, 0.15) is 37.6 Å². The van der Waals surface area contributed by atoms with E-state index in [1.54, 1.807) is 18.2 Å². The molecule has 1 aliphatic heterocycles. The number of nitrogens with one attached hydrogen (secondary N) is 1. The normalized spacial score (nSPS) is 15.9. The van der Waals surface area contributed by atoms with Crippen molar-refractivity contribution in [2.24, 2.45) is 0 Å². The van der Waals surface area contributed by atoms with Crippen LogP contribution < -0.4 is 0 Å². The van der Waals surface area contributed by atoms with Crippen molar-refractivity contribution in [1.82, 2.24) is 9.29 Å². The van der Waals surface area contributed by atoms with Crippen LogP contribution in [0.15, 0.2) is 47.4 Å². The van der Waals surface area contributed by atoms with Crippen molar-refractivity contribution >= 4 is 20.9 Å². The predicted molar refractivity (Wildman–Crippen MR) is 105 cm³/mol. The molecule has 0 spiro atoms. The first-order valence-corrected chi connectivity index (χ1v) is 10.5. The van der Waals surface area contributed by atoms with E-state index in [-0.39, 0.29) is 17.8 Å². The van der Waals surface area contributed by atoms with E-state index in [4.69, 9.17) is 0 Å². The number of aromatic nitrogens is 1. The van der Waals surface area contributed by atoms with Gasteiger partial charge in [0.25, 0.3) is 0 Å². The van der Waals surface area contributed by atoms with Crippen molar-refractivity contribution in [3.63, 3.8) is 0 Å². The minimum Gasteiger partial charge on any atom is -0.357 e. The maximum atomic E-state index is 13.6. The Bertz CT molecular complexity index is 1110. The van der Waals surface area contributed by atoms with Crippen LogP contribution in [0.2, 0.25) is 0 Å². The molecule has 6 heteroatoms. The molecule has 0 aliphatic carbocycles. The quantitative estimate of drug-likeness (QED) is 0.712. The summed E-state index contributed by atoms with van der Waals surface area (Å²) in [6.07, 6.45) is 0.568. The van der Waals surface area contributed by atoms with Crippen LogP contribution in [0, 0.1) is 5.82 Å². The first kappa shape index (κ1) is 18.2. The fourth-order valence-electron chi connectivity index (χ4n) is 3.67. The van der Waals surface area contributed by atoms with E-state index in [9.17, 15) is 12.8 Å². The lowest BCUT2D eigenvalue weighted by Gasteiger charge is -2.27. The highest BCUT2D eigenvalue weighted by molar-refractivity contribution is 7.89. The number of nitrogens with zero attached hydrogens (tertiary/aromatic N) is 1. The van der Waals surface area contributed by atoms with E-state index in [1.807, 2.05) is 12.1 Å². The average Bonchev–Trinajstić information content (AvgIpc) is 2.98. The van der Waals surface area contributed by atoms with Gasteiger partial charge in [-0.15, -0.1) is 0 Å². The smallest absolute Gasteiger partial charge is 0.243 e. The molecule has 27 heavy (non-hydrogen) atoms. The van der Waals surface area contributed by atoms with Gasteiger partial charge in [0.15, 0.2) is 0 Å². The van der Waals surface area contributed by atoms with Crippen LogP contribution in [0.25, 0.3) is 10.9 Å². The minimum atomic E-state index is -3.57. The van der Waals surface area contributed by atoms with Crippen LogP contribution in [0.3, 0.4) is 0 Å². The molecule has 2 aromatic carbocycles. The molecule has 1 N–H and O–H groups in total. The van der Waals surface area contributed by atoms with Crippen LogP contribution in [0.4, 0.5) is 4.39 Å². The van der Waals surface area contributed by atoms with Gasteiger partial charge in [0.1, 0.15) is 5.82 Å². The van der Waals surface area contributed by atoms with Crippen molar-refractivity contribution in [1.29, 1.82) is 0 Å². The fraction of sp³-hybridized carbons (Fsp3) is 0.333. The molecule has 4 nitrogen and oxygen atoms in total. The first-order chi connectivity index (χ1) is 12.7. The lowest BCUT2D eigenvalue weighted by molar-refractivity contribution is 0.388. The zero-order chi connectivity index (χ0) is 19.4. The molecule has 0 radical (unpaired) electrons. The number of halogens is 1. The van der Waals surface area contributed by atoms with Gasteiger partial charge in [0, 0.05) is 23.1 Å². The molecule has 0 amide bonds. The van der Waals surface area contributed by atoms with Gasteiger partial charge in [0.05, 0.1) is 11.4 Å². The monoisotopic (exact) mass is 386 g/mol. The largest absolute Gasteiger partial charge is 0.357 e. The van der Waals surface area contributed by atoms with Gasteiger partial charge in [-0.25, -0.2) is 12.8 Å². The Balaban J connectivity index is 1.65. The summed E-state index contributed by atoms with van der Waals surface area (Å²) in [6, 6.07) is 11.8. The SMILES string of the molecule is CC(C)(C)c1ccc(S(=O)(=O)N2CCc3c([nH]c4ccc(F)cc34)C2)cc1. The lowest BCUT2D eigenvalue weighted by Crippen LogP contribution is -2.35. The second-order valence-corrected chi connectivity index (χ2v) is 10.1. The first-order valence-electron chi connectivity index (χ1n) is 9.06. The Morgan fingerprint density at radius 2 is 1.78 bits per heavy atom. The molecule has 3 aromatic rings. The average molecular weight is 386 g/mol. The molecule has 1 aromatic heterocycles. The third-order valence-electron chi connectivity index (χ3n) is 5.26. The van der Waals surface area contributed by atoms with Gasteiger partial charge < -0.3 is 4.98 Å². The maximum absolute atomic E-state index is 13.6. The van der Waals surface area contributed by atoms with Gasteiger partial charge in [0.2, 0.25) is 10.0 Å². The van der Waals surface area contributed by atoms with E-state index >= 15 is 0 Å². The Kier molecular flexibility index (Phi) is 4.16. The summed E-state index contributed by atoms with van der Waals surface area (Å²) in [4.78, 5) is 3.56. The number of aromatic amines is 1. The van der Waals surface area contributed by atoms with Crippen LogP contribution in [-0.2, 0) is 28.4 Å². The van der Waals surface area contributed by atoms with E-state index in [2.05, 4.69) is 25.8 Å². The molecular weight excluding hydrogens is 363 g/mol. The summed E-state index contributed by atoms with van der Waals surface area (Å²) in [5.74, 6) is -0.279. The van der Waals surface area contributed by atoms with Crippen LogP contribution >= 0.6 is 0 Å². The molecule has 0 saturated carbocycles. The van der Waals surface area contributed by atoms with Gasteiger partial charge in [-0.1, -0.05) is 32.9 Å². The maximum Gasteiger partial charge on any atom is 0.243 e. The topological polar surface area (TPSA) is 53.2 Å². The molecule has 4 rings (SSSR count). The summed E-state index contributed by atoms with van der Waals surface area (Å²) >= 11 is 0. The molecule has 0 atom stereocenters. The molecular formula is C21H23FN2O2S. The Hall–Kier alpha value is -2.18. The molecule has 2 heterocycles. The van der Waals surface area contributed by atoms with Gasteiger partial charge in [-0.2, -0.15) is 4.31 Å². The highest BCUT2D eigenvalue weighted by Crippen LogP contribution is 2.31. The molecule has 0 saturated heterocycles. The number of fused-ring (bicyclic) bond motifs is 3. The number of benzene rings is 2. The number of hydrogen-bond acceptors (Lipinski definition) is 2. The highest BCUT2D eigenvalue weighted by Gasteiger charge is 2.30. The summed E-state index contributed by atoms with van der Waals surface area (Å²) < 4.78 is 41.2.